The number of thioether (sulfide) groups is 1. The third-order valence-corrected chi connectivity index (χ3v) is 5.22. The molecule has 0 N–H and O–H groups in total. The molecule has 0 spiro atoms. The van der Waals surface area contributed by atoms with E-state index in [1.165, 1.54) is 24.0 Å². The number of benzene rings is 2. The van der Waals surface area contributed by atoms with Gasteiger partial charge in [-0.25, -0.2) is 15.0 Å². The van der Waals surface area contributed by atoms with Gasteiger partial charge in [-0.3, -0.25) is 10.1 Å². The van der Waals surface area contributed by atoms with E-state index in [-0.39, 0.29) is 5.69 Å². The number of non-ortho nitro benzene ring substituents is 1. The summed E-state index contributed by atoms with van der Waals surface area (Å²) < 4.78 is 1.89. The van der Waals surface area contributed by atoms with Crippen molar-refractivity contribution in [2.75, 3.05) is 0 Å². The van der Waals surface area contributed by atoms with Crippen molar-refractivity contribution in [3.8, 4) is 11.4 Å². The van der Waals surface area contributed by atoms with Crippen LogP contribution in [0.15, 0.2) is 66.0 Å². The average molecular weight is 377 g/mol. The topological polar surface area (TPSA) is 86.7 Å². The zero-order chi connectivity index (χ0) is 18.8. The number of aryl methyl sites for hydroxylation is 1. The van der Waals surface area contributed by atoms with Crippen molar-refractivity contribution in [2.45, 2.75) is 10.8 Å². The monoisotopic (exact) mass is 377 g/mol. The largest absolute Gasteiger partial charge is 0.324 e. The Morgan fingerprint density at radius 2 is 1.93 bits per heavy atom. The second-order valence-electron chi connectivity index (χ2n) is 5.93. The first-order valence-corrected chi connectivity index (χ1v) is 9.21. The van der Waals surface area contributed by atoms with Crippen LogP contribution in [0, 0.1) is 10.1 Å². The maximum atomic E-state index is 11.1. The lowest BCUT2D eigenvalue weighted by Crippen LogP contribution is -1.96. The Hall–Kier alpha value is -3.26. The summed E-state index contributed by atoms with van der Waals surface area (Å²) in [6, 6.07) is 16.6. The predicted molar refractivity (Wildman–Crippen MR) is 104 cm³/mol. The highest BCUT2D eigenvalue weighted by molar-refractivity contribution is 7.98. The van der Waals surface area contributed by atoms with Crippen LogP contribution in [0.25, 0.3) is 22.6 Å². The lowest BCUT2D eigenvalue weighted by molar-refractivity contribution is -0.384. The van der Waals surface area contributed by atoms with Gasteiger partial charge in [-0.15, -0.1) is 0 Å². The Morgan fingerprint density at radius 1 is 1.11 bits per heavy atom. The van der Waals surface area contributed by atoms with Gasteiger partial charge in [0, 0.05) is 30.5 Å². The second kappa shape index (κ2) is 7.16. The van der Waals surface area contributed by atoms with Gasteiger partial charge in [0.15, 0.2) is 5.65 Å². The van der Waals surface area contributed by atoms with E-state index in [4.69, 9.17) is 0 Å². The number of hydrogen-bond acceptors (Lipinski definition) is 6. The quantitative estimate of drug-likeness (QED) is 0.224. The fraction of sp³-hybridized carbons (Fsp3) is 0.105. The first-order valence-electron chi connectivity index (χ1n) is 8.22. The number of nitrogens with zero attached hydrogens (tertiary/aromatic N) is 5. The summed E-state index contributed by atoms with van der Waals surface area (Å²) in [5, 5.41) is 11.9. The van der Waals surface area contributed by atoms with E-state index in [0.717, 1.165) is 16.3 Å². The predicted octanol–water partition coefficient (Wildman–Crippen LogP) is 4.23. The van der Waals surface area contributed by atoms with E-state index in [9.17, 15) is 10.1 Å². The molecule has 0 saturated heterocycles. The summed E-state index contributed by atoms with van der Waals surface area (Å²) in [6.45, 7) is 0. The van der Waals surface area contributed by atoms with Crippen molar-refractivity contribution >= 4 is 28.6 Å². The van der Waals surface area contributed by atoms with Gasteiger partial charge in [0.1, 0.15) is 22.7 Å². The molecule has 0 saturated carbocycles. The summed E-state index contributed by atoms with van der Waals surface area (Å²) in [6.07, 6.45) is 1.50. The van der Waals surface area contributed by atoms with Crippen LogP contribution in [-0.4, -0.2) is 24.4 Å². The molecule has 0 aliphatic rings. The van der Waals surface area contributed by atoms with Crippen molar-refractivity contribution in [3.63, 3.8) is 0 Å². The van der Waals surface area contributed by atoms with Crippen LogP contribution in [0.3, 0.4) is 0 Å². The Bertz CT molecular complexity index is 1130. The first-order chi connectivity index (χ1) is 13.1. The highest BCUT2D eigenvalue weighted by Gasteiger charge is 2.17. The molecule has 7 nitrogen and oxygen atoms in total. The minimum Gasteiger partial charge on any atom is -0.324 e. The number of rotatable bonds is 5. The van der Waals surface area contributed by atoms with Crippen LogP contribution in [0.2, 0.25) is 0 Å². The number of nitro benzene ring substituents is 1. The maximum Gasteiger partial charge on any atom is 0.270 e. The van der Waals surface area contributed by atoms with Gasteiger partial charge >= 0.3 is 0 Å². The van der Waals surface area contributed by atoms with E-state index in [1.807, 2.05) is 29.8 Å². The third kappa shape index (κ3) is 3.39. The molecule has 8 heteroatoms. The molecule has 134 valence electrons. The molecular formula is C19H15N5O2S. The number of fused-ring (bicyclic) bond motifs is 1. The maximum absolute atomic E-state index is 11.1. The molecule has 2 aromatic heterocycles. The minimum atomic E-state index is -0.410. The second-order valence-corrected chi connectivity index (χ2v) is 6.89. The lowest BCUT2D eigenvalue weighted by Gasteiger charge is -2.06. The first kappa shape index (κ1) is 17.2. The molecular weight excluding hydrogens is 362 g/mol. The molecule has 0 fully saturated rings. The molecule has 4 aromatic rings. The Labute approximate surface area is 159 Å². The van der Waals surface area contributed by atoms with Gasteiger partial charge in [0.25, 0.3) is 5.69 Å². The average Bonchev–Trinajstić information content (AvgIpc) is 3.04. The zero-order valence-electron chi connectivity index (χ0n) is 14.4. The fourth-order valence-electron chi connectivity index (χ4n) is 2.86. The Balaban J connectivity index is 1.74. The lowest BCUT2D eigenvalue weighted by atomic mass is 10.2. The molecule has 27 heavy (non-hydrogen) atoms. The molecule has 4 rings (SSSR count). The normalized spacial score (nSPS) is 11.0. The van der Waals surface area contributed by atoms with Gasteiger partial charge in [0.2, 0.25) is 0 Å². The van der Waals surface area contributed by atoms with Crippen LogP contribution < -0.4 is 0 Å². The molecule has 0 bridgehead atoms. The van der Waals surface area contributed by atoms with E-state index in [2.05, 4.69) is 27.1 Å². The molecule has 0 radical (unpaired) electrons. The third-order valence-electron chi connectivity index (χ3n) is 4.17. The molecule has 0 amide bonds. The molecule has 0 aliphatic carbocycles. The number of nitro groups is 1. The van der Waals surface area contributed by atoms with E-state index in [1.54, 1.807) is 23.9 Å². The molecule has 0 atom stereocenters. The summed E-state index contributed by atoms with van der Waals surface area (Å²) in [5.74, 6) is 1.40. The SMILES string of the molecule is Cn1c(-c2cccc([N+](=O)[O-])c2)nc2ncnc(SCc3ccccc3)c21. The summed E-state index contributed by atoms with van der Waals surface area (Å²) >= 11 is 1.61. The molecule has 2 aromatic carbocycles. The van der Waals surface area contributed by atoms with Gasteiger partial charge in [0.05, 0.1) is 4.92 Å². The number of aromatic nitrogens is 4. The fourth-order valence-corrected chi connectivity index (χ4v) is 3.84. The summed E-state index contributed by atoms with van der Waals surface area (Å²) in [7, 11) is 1.87. The van der Waals surface area contributed by atoms with Crippen LogP contribution in [0.1, 0.15) is 5.56 Å². The van der Waals surface area contributed by atoms with Crippen LogP contribution in [0.4, 0.5) is 5.69 Å². The van der Waals surface area contributed by atoms with Crippen molar-refractivity contribution < 1.29 is 4.92 Å². The summed E-state index contributed by atoms with van der Waals surface area (Å²) in [4.78, 5) is 23.9. The standard InChI is InChI=1S/C19H15N5O2S/c1-23-16-17(22-18(23)14-8-5-9-15(10-14)24(25)26)20-12-21-19(16)27-11-13-6-3-2-4-7-13/h2-10,12H,11H2,1H3. The van der Waals surface area contributed by atoms with Crippen molar-refractivity contribution in [3.05, 3.63) is 76.6 Å². The summed E-state index contributed by atoms with van der Waals surface area (Å²) in [5.41, 5.74) is 3.30. The van der Waals surface area contributed by atoms with Crippen molar-refractivity contribution in [1.29, 1.82) is 0 Å². The van der Waals surface area contributed by atoms with E-state index in [0.29, 0.717) is 17.0 Å². The molecule has 2 heterocycles. The highest BCUT2D eigenvalue weighted by Crippen LogP contribution is 2.31. The minimum absolute atomic E-state index is 0.0318. The van der Waals surface area contributed by atoms with Crippen molar-refractivity contribution in [2.24, 2.45) is 7.05 Å². The molecule has 0 aliphatic heterocycles. The van der Waals surface area contributed by atoms with Gasteiger partial charge in [-0.1, -0.05) is 54.2 Å². The zero-order valence-corrected chi connectivity index (χ0v) is 15.3. The van der Waals surface area contributed by atoms with E-state index < -0.39 is 4.92 Å². The number of hydrogen-bond donors (Lipinski definition) is 0. The van der Waals surface area contributed by atoms with Crippen LogP contribution >= 0.6 is 11.8 Å². The number of imidazole rings is 1. The Morgan fingerprint density at radius 3 is 2.70 bits per heavy atom. The highest BCUT2D eigenvalue weighted by atomic mass is 32.2. The van der Waals surface area contributed by atoms with Crippen molar-refractivity contribution in [1.82, 2.24) is 19.5 Å². The van der Waals surface area contributed by atoms with Gasteiger partial charge in [-0.2, -0.15) is 0 Å². The van der Waals surface area contributed by atoms with E-state index >= 15 is 0 Å². The molecule has 0 unspecified atom stereocenters. The Kier molecular flexibility index (Phi) is 4.55. The van der Waals surface area contributed by atoms with Gasteiger partial charge < -0.3 is 4.57 Å². The van der Waals surface area contributed by atoms with Crippen LogP contribution in [-0.2, 0) is 12.8 Å². The van der Waals surface area contributed by atoms with Gasteiger partial charge in [-0.05, 0) is 5.56 Å². The smallest absolute Gasteiger partial charge is 0.270 e. The van der Waals surface area contributed by atoms with Crippen LogP contribution in [0.5, 0.6) is 0 Å².